The van der Waals surface area contributed by atoms with E-state index in [4.69, 9.17) is 9.88 Å². The standard InChI is InChI=1S/C32H41N5O5S/c33-43(40,41)36-16-14-34(15-17-36)12-13-35-19-32(20-35)21-37-27-18-24(31(38)39)10-11-25(27)29(23-6-2-1-3-7-23)30(37)26-8-4-5-9-28(26)42-22-32/h4-5,8-11,18,23H,1-3,6-7,12-17,19-22H2,(H,38,39)(H2,33,40,41). The van der Waals surface area contributed by atoms with Crippen molar-refractivity contribution in [1.29, 1.82) is 0 Å². The Kier molecular flexibility index (Phi) is 7.49. The van der Waals surface area contributed by atoms with Crippen molar-refractivity contribution in [2.75, 3.05) is 59.0 Å². The third-order valence-corrected chi connectivity index (χ3v) is 11.2. The molecular weight excluding hydrogens is 566 g/mol. The molecule has 230 valence electrons. The number of rotatable bonds is 6. The molecule has 3 N–H and O–H groups in total. The van der Waals surface area contributed by atoms with E-state index in [1.54, 1.807) is 6.07 Å². The third kappa shape index (κ3) is 5.46. The summed E-state index contributed by atoms with van der Waals surface area (Å²) in [6.45, 7) is 7.17. The van der Waals surface area contributed by atoms with Crippen molar-refractivity contribution in [3.63, 3.8) is 0 Å². The molecule has 3 aromatic rings. The molecule has 0 radical (unpaired) electrons. The molecule has 0 amide bonds. The Balaban J connectivity index is 1.19. The van der Waals surface area contributed by atoms with Crippen molar-refractivity contribution >= 4 is 27.1 Å². The van der Waals surface area contributed by atoms with Gasteiger partial charge in [-0.3, -0.25) is 4.90 Å². The van der Waals surface area contributed by atoms with Crippen molar-refractivity contribution in [1.82, 2.24) is 18.7 Å². The van der Waals surface area contributed by atoms with Crippen LogP contribution < -0.4 is 9.88 Å². The van der Waals surface area contributed by atoms with Gasteiger partial charge in [-0.15, -0.1) is 0 Å². The molecule has 3 aliphatic heterocycles. The van der Waals surface area contributed by atoms with Crippen LogP contribution in [0.15, 0.2) is 42.5 Å². The number of para-hydroxylation sites is 1. The van der Waals surface area contributed by atoms with Gasteiger partial charge in [-0.05, 0) is 48.6 Å². The zero-order chi connectivity index (χ0) is 29.8. The van der Waals surface area contributed by atoms with Crippen LogP contribution in [0.5, 0.6) is 5.75 Å². The number of fused-ring (bicyclic) bond motifs is 5. The molecule has 1 aromatic heterocycles. The number of carbonyl (C=O) groups is 1. The average Bonchev–Trinajstić information content (AvgIpc) is 3.29. The van der Waals surface area contributed by atoms with Crippen LogP contribution >= 0.6 is 0 Å². The molecule has 4 aliphatic rings. The fourth-order valence-electron chi connectivity index (χ4n) is 7.91. The van der Waals surface area contributed by atoms with E-state index >= 15 is 0 Å². The summed E-state index contributed by atoms with van der Waals surface area (Å²) >= 11 is 0. The van der Waals surface area contributed by atoms with E-state index in [-0.39, 0.29) is 5.41 Å². The van der Waals surface area contributed by atoms with Gasteiger partial charge in [0, 0.05) is 80.8 Å². The Hall–Kier alpha value is -2.96. The second kappa shape index (κ2) is 11.2. The monoisotopic (exact) mass is 607 g/mol. The Morgan fingerprint density at radius 1 is 0.953 bits per heavy atom. The summed E-state index contributed by atoms with van der Waals surface area (Å²) in [6, 6.07) is 14.0. The number of ether oxygens (including phenoxy) is 1. The van der Waals surface area contributed by atoms with Gasteiger partial charge in [0.25, 0.3) is 10.2 Å². The number of carboxylic acid groups (broad SMARTS) is 1. The van der Waals surface area contributed by atoms with Crippen LogP contribution in [0.3, 0.4) is 0 Å². The van der Waals surface area contributed by atoms with Crippen LogP contribution in [0.1, 0.15) is 53.9 Å². The number of aromatic carboxylic acids is 1. The molecule has 1 saturated carbocycles. The normalized spacial score (nSPS) is 21.9. The molecule has 43 heavy (non-hydrogen) atoms. The Labute approximate surface area is 253 Å². The number of nitrogens with zero attached hydrogens (tertiary/aromatic N) is 4. The predicted octanol–water partition coefficient (Wildman–Crippen LogP) is 3.57. The van der Waals surface area contributed by atoms with Crippen LogP contribution in [0.4, 0.5) is 0 Å². The Morgan fingerprint density at radius 3 is 2.40 bits per heavy atom. The van der Waals surface area contributed by atoms with Crippen molar-refractivity contribution < 1.29 is 23.1 Å². The Morgan fingerprint density at radius 2 is 1.67 bits per heavy atom. The number of hydrogen-bond donors (Lipinski definition) is 2. The lowest BCUT2D eigenvalue weighted by atomic mass is 9.79. The van der Waals surface area contributed by atoms with Gasteiger partial charge in [0.05, 0.1) is 17.9 Å². The molecule has 0 bridgehead atoms. The number of piperazine rings is 1. The second-order valence-corrected chi connectivity index (χ2v) is 14.5. The summed E-state index contributed by atoms with van der Waals surface area (Å²) in [5, 5.41) is 16.4. The van der Waals surface area contributed by atoms with Crippen LogP contribution in [0.25, 0.3) is 22.2 Å². The number of nitrogens with two attached hydrogens (primary N) is 1. The molecule has 2 aromatic carbocycles. The lowest BCUT2D eigenvalue weighted by Gasteiger charge is -2.51. The first-order chi connectivity index (χ1) is 20.7. The largest absolute Gasteiger partial charge is 0.492 e. The first-order valence-electron chi connectivity index (χ1n) is 15.6. The second-order valence-electron chi connectivity index (χ2n) is 13.0. The minimum atomic E-state index is -3.63. The SMILES string of the molecule is NS(=O)(=O)N1CCN(CCN2CC3(COc4ccccc4-c4c(C5CCCCC5)c5ccc(C(=O)O)cc5n4C3)C2)CC1. The van der Waals surface area contributed by atoms with Gasteiger partial charge in [0.15, 0.2) is 0 Å². The van der Waals surface area contributed by atoms with Crippen LogP contribution in [-0.2, 0) is 16.8 Å². The molecule has 2 saturated heterocycles. The molecule has 3 fully saturated rings. The zero-order valence-corrected chi connectivity index (χ0v) is 25.4. The highest BCUT2D eigenvalue weighted by Crippen LogP contribution is 2.49. The highest BCUT2D eigenvalue weighted by atomic mass is 32.2. The average molecular weight is 608 g/mol. The van der Waals surface area contributed by atoms with E-state index in [2.05, 4.69) is 32.6 Å². The van der Waals surface area contributed by atoms with E-state index < -0.39 is 16.2 Å². The van der Waals surface area contributed by atoms with E-state index in [9.17, 15) is 18.3 Å². The van der Waals surface area contributed by atoms with Crippen LogP contribution in [0, 0.1) is 5.41 Å². The van der Waals surface area contributed by atoms with Crippen molar-refractivity contribution in [3.05, 3.63) is 53.6 Å². The van der Waals surface area contributed by atoms with E-state index in [1.807, 2.05) is 18.2 Å². The minimum absolute atomic E-state index is 0.0936. The molecular formula is C32H41N5O5S. The molecule has 0 unspecified atom stereocenters. The van der Waals surface area contributed by atoms with E-state index in [0.717, 1.165) is 62.4 Å². The molecule has 4 heterocycles. The lowest BCUT2D eigenvalue weighted by molar-refractivity contribution is -0.0494. The topological polar surface area (TPSA) is 121 Å². The highest BCUT2D eigenvalue weighted by Gasteiger charge is 2.46. The molecule has 7 rings (SSSR count). The predicted molar refractivity (Wildman–Crippen MR) is 166 cm³/mol. The maximum Gasteiger partial charge on any atom is 0.335 e. The van der Waals surface area contributed by atoms with Gasteiger partial charge in [-0.1, -0.05) is 37.5 Å². The Bertz CT molecular complexity index is 1630. The van der Waals surface area contributed by atoms with Crippen molar-refractivity contribution in [3.8, 4) is 17.0 Å². The molecule has 10 nitrogen and oxygen atoms in total. The molecule has 11 heteroatoms. The summed E-state index contributed by atoms with van der Waals surface area (Å²) in [7, 11) is -3.63. The van der Waals surface area contributed by atoms with Gasteiger partial charge in [-0.25, -0.2) is 9.93 Å². The summed E-state index contributed by atoms with van der Waals surface area (Å²) in [4.78, 5) is 16.8. The number of benzene rings is 2. The van der Waals surface area contributed by atoms with Gasteiger partial charge >= 0.3 is 5.97 Å². The molecule has 1 aliphatic carbocycles. The number of likely N-dealkylation sites (tertiary alicyclic amines) is 1. The fourth-order valence-corrected chi connectivity index (χ4v) is 8.58. The molecule has 1 spiro atoms. The number of carboxylic acids is 1. The van der Waals surface area contributed by atoms with Crippen molar-refractivity contribution in [2.24, 2.45) is 10.6 Å². The van der Waals surface area contributed by atoms with Crippen LogP contribution in [0.2, 0.25) is 0 Å². The van der Waals surface area contributed by atoms with Crippen molar-refractivity contribution in [2.45, 2.75) is 44.6 Å². The first kappa shape index (κ1) is 28.8. The van der Waals surface area contributed by atoms with Gasteiger partial charge in [0.1, 0.15) is 5.75 Å². The zero-order valence-electron chi connectivity index (χ0n) is 24.6. The highest BCUT2D eigenvalue weighted by molar-refractivity contribution is 7.86. The fraction of sp³-hybridized carbons (Fsp3) is 0.531. The maximum atomic E-state index is 12.1. The number of hydrogen-bond acceptors (Lipinski definition) is 6. The van der Waals surface area contributed by atoms with Gasteiger partial charge in [-0.2, -0.15) is 12.7 Å². The molecule has 0 atom stereocenters. The maximum absolute atomic E-state index is 12.1. The van der Waals surface area contributed by atoms with E-state index in [0.29, 0.717) is 44.3 Å². The third-order valence-electron chi connectivity index (χ3n) is 10.1. The summed E-state index contributed by atoms with van der Waals surface area (Å²) < 4.78 is 33.7. The smallest absolute Gasteiger partial charge is 0.335 e. The quantitative estimate of drug-likeness (QED) is 0.440. The van der Waals surface area contributed by atoms with Gasteiger partial charge in [0.2, 0.25) is 0 Å². The van der Waals surface area contributed by atoms with E-state index in [1.165, 1.54) is 40.2 Å². The van der Waals surface area contributed by atoms with Gasteiger partial charge < -0.3 is 19.3 Å². The summed E-state index contributed by atoms with van der Waals surface area (Å²) in [5.74, 6) is 0.437. The minimum Gasteiger partial charge on any atom is -0.492 e. The summed E-state index contributed by atoms with van der Waals surface area (Å²) in [6.07, 6.45) is 6.02. The first-order valence-corrected chi connectivity index (χ1v) is 17.1. The summed E-state index contributed by atoms with van der Waals surface area (Å²) in [5.41, 5.74) is 4.89. The van der Waals surface area contributed by atoms with Crippen LogP contribution in [-0.4, -0.2) is 97.1 Å². The lowest BCUT2D eigenvalue weighted by Crippen LogP contribution is -2.62. The number of aromatic nitrogens is 1.